The van der Waals surface area contributed by atoms with Crippen molar-refractivity contribution in [3.8, 4) is 33.5 Å². The van der Waals surface area contributed by atoms with Crippen LogP contribution >= 0.6 is 11.3 Å². The first-order valence-corrected chi connectivity index (χ1v) is 9.54. The number of rotatable bonds is 5. The molecule has 0 atom stereocenters. The number of hydrogen-bond acceptors (Lipinski definition) is 7. The van der Waals surface area contributed by atoms with Crippen molar-refractivity contribution in [2.75, 3.05) is 12.4 Å². The molecule has 7 nitrogen and oxygen atoms in total. The zero-order valence-corrected chi connectivity index (χ0v) is 16.2. The second-order valence-electron chi connectivity index (χ2n) is 6.04. The first kappa shape index (κ1) is 18.6. The van der Waals surface area contributed by atoms with E-state index in [9.17, 15) is 9.90 Å². The van der Waals surface area contributed by atoms with Gasteiger partial charge in [-0.05, 0) is 24.3 Å². The Kier molecular flexibility index (Phi) is 5.17. The number of anilines is 1. The highest BCUT2D eigenvalue weighted by molar-refractivity contribution is 7.13. The van der Waals surface area contributed by atoms with Crippen molar-refractivity contribution in [3.63, 3.8) is 0 Å². The normalized spacial score (nSPS) is 10.5. The molecule has 0 spiro atoms. The zero-order chi connectivity index (χ0) is 20.2. The highest BCUT2D eigenvalue weighted by Crippen LogP contribution is 2.32. The topological polar surface area (TPSA) is 97.2 Å². The number of carbonyl (C=O) groups is 1. The Hall–Kier alpha value is -3.78. The summed E-state index contributed by atoms with van der Waals surface area (Å²) in [7, 11) is 1.60. The van der Waals surface area contributed by atoms with Gasteiger partial charge in [-0.25, -0.2) is 15.0 Å². The van der Waals surface area contributed by atoms with Gasteiger partial charge >= 0.3 is 0 Å². The molecule has 0 bridgehead atoms. The lowest BCUT2D eigenvalue weighted by molar-refractivity contribution is 0.102. The summed E-state index contributed by atoms with van der Waals surface area (Å²) in [5.74, 6) is 0.935. The number of benzene rings is 2. The molecule has 2 aromatic carbocycles. The van der Waals surface area contributed by atoms with Gasteiger partial charge in [0.05, 0.1) is 30.8 Å². The number of ether oxygens (including phenoxy) is 1. The molecule has 2 aromatic heterocycles. The summed E-state index contributed by atoms with van der Waals surface area (Å²) in [5.41, 5.74) is 2.26. The molecule has 0 aliphatic heterocycles. The minimum atomic E-state index is -0.351. The number of aromatic hydroxyl groups is 1. The van der Waals surface area contributed by atoms with Crippen LogP contribution in [-0.2, 0) is 0 Å². The van der Waals surface area contributed by atoms with Crippen LogP contribution in [0.25, 0.3) is 22.0 Å². The second kappa shape index (κ2) is 8.07. The van der Waals surface area contributed by atoms with Crippen LogP contribution in [0.2, 0.25) is 0 Å². The molecule has 8 heteroatoms. The highest BCUT2D eigenvalue weighted by atomic mass is 32.1. The van der Waals surface area contributed by atoms with E-state index in [0.29, 0.717) is 33.5 Å². The maximum atomic E-state index is 12.5. The molecular weight excluding hydrogens is 388 g/mol. The molecule has 0 radical (unpaired) electrons. The van der Waals surface area contributed by atoms with E-state index in [0.717, 1.165) is 5.56 Å². The van der Waals surface area contributed by atoms with Gasteiger partial charge in [-0.2, -0.15) is 0 Å². The van der Waals surface area contributed by atoms with E-state index in [2.05, 4.69) is 20.3 Å². The summed E-state index contributed by atoms with van der Waals surface area (Å²) in [6, 6.07) is 14.2. The molecule has 4 rings (SSSR count). The average Bonchev–Trinajstić information content (AvgIpc) is 3.24. The molecule has 29 heavy (non-hydrogen) atoms. The van der Waals surface area contributed by atoms with Crippen molar-refractivity contribution in [3.05, 3.63) is 72.0 Å². The minimum Gasteiger partial charge on any atom is -0.508 e. The van der Waals surface area contributed by atoms with E-state index in [-0.39, 0.29) is 11.7 Å². The van der Waals surface area contributed by atoms with Crippen LogP contribution in [0.15, 0.2) is 66.3 Å². The first-order valence-electron chi connectivity index (χ1n) is 8.66. The number of thiazole rings is 1. The second-order valence-corrected chi connectivity index (χ2v) is 6.90. The molecule has 4 aromatic rings. The predicted molar refractivity (Wildman–Crippen MR) is 111 cm³/mol. The lowest BCUT2D eigenvalue weighted by Crippen LogP contribution is -2.12. The molecule has 0 aliphatic carbocycles. The van der Waals surface area contributed by atoms with Crippen molar-refractivity contribution >= 4 is 22.9 Å². The number of nitrogens with zero attached hydrogens (tertiary/aromatic N) is 3. The van der Waals surface area contributed by atoms with Crippen LogP contribution in [0, 0.1) is 0 Å². The van der Waals surface area contributed by atoms with E-state index in [1.165, 1.54) is 23.7 Å². The predicted octanol–water partition coefficient (Wildman–Crippen LogP) is 4.23. The molecule has 1 amide bonds. The number of methoxy groups -OCH3 is 1. The zero-order valence-electron chi connectivity index (χ0n) is 15.4. The molecule has 2 N–H and O–H groups in total. The van der Waals surface area contributed by atoms with Gasteiger partial charge < -0.3 is 15.2 Å². The van der Waals surface area contributed by atoms with Crippen molar-refractivity contribution < 1.29 is 14.6 Å². The minimum absolute atomic E-state index is 0.137. The Morgan fingerprint density at radius 2 is 1.90 bits per heavy atom. The molecule has 0 aliphatic rings. The van der Waals surface area contributed by atoms with Gasteiger partial charge in [0.2, 0.25) is 0 Å². The van der Waals surface area contributed by atoms with Crippen LogP contribution in [0.5, 0.6) is 11.5 Å². The summed E-state index contributed by atoms with van der Waals surface area (Å²) < 4.78 is 5.35. The third-order valence-electron chi connectivity index (χ3n) is 4.09. The number of phenols is 1. The van der Waals surface area contributed by atoms with Crippen LogP contribution in [0.1, 0.15) is 10.5 Å². The summed E-state index contributed by atoms with van der Waals surface area (Å²) in [4.78, 5) is 25.4. The van der Waals surface area contributed by atoms with E-state index in [1.807, 2.05) is 24.3 Å². The van der Waals surface area contributed by atoms with E-state index in [1.54, 1.807) is 36.8 Å². The van der Waals surface area contributed by atoms with E-state index in [4.69, 9.17) is 4.74 Å². The number of carbonyl (C=O) groups excluding carboxylic acids is 1. The molecule has 144 valence electrons. The Labute approximate surface area is 170 Å². The number of para-hydroxylation sites is 1. The fourth-order valence-electron chi connectivity index (χ4n) is 2.70. The lowest BCUT2D eigenvalue weighted by Gasteiger charge is -2.05. The highest BCUT2D eigenvalue weighted by Gasteiger charge is 2.15. The quantitative estimate of drug-likeness (QED) is 0.517. The fourth-order valence-corrected chi connectivity index (χ4v) is 3.53. The molecule has 0 saturated carbocycles. The number of amides is 1. The third-order valence-corrected chi connectivity index (χ3v) is 4.96. The maximum Gasteiger partial charge on any atom is 0.275 e. The van der Waals surface area contributed by atoms with Gasteiger partial charge in [0.25, 0.3) is 5.91 Å². The summed E-state index contributed by atoms with van der Waals surface area (Å²) >= 11 is 1.37. The maximum absolute atomic E-state index is 12.5. The van der Waals surface area contributed by atoms with E-state index < -0.39 is 0 Å². The van der Waals surface area contributed by atoms with Gasteiger partial charge in [0.1, 0.15) is 22.2 Å². The van der Waals surface area contributed by atoms with Gasteiger partial charge in [-0.1, -0.05) is 24.3 Å². The van der Waals surface area contributed by atoms with Crippen LogP contribution in [0.3, 0.4) is 0 Å². The molecule has 0 unspecified atom stereocenters. The number of hydrogen-bond donors (Lipinski definition) is 2. The van der Waals surface area contributed by atoms with Crippen molar-refractivity contribution in [1.82, 2.24) is 15.0 Å². The smallest absolute Gasteiger partial charge is 0.275 e. The first-order chi connectivity index (χ1) is 14.1. The number of phenolic OH excluding ortho intramolecular Hbond substituents is 1. The Bertz CT molecular complexity index is 1160. The summed E-state index contributed by atoms with van der Waals surface area (Å²) in [6.45, 7) is 0. The van der Waals surface area contributed by atoms with Crippen molar-refractivity contribution in [2.45, 2.75) is 0 Å². The van der Waals surface area contributed by atoms with Crippen LogP contribution in [-0.4, -0.2) is 33.1 Å². The SMILES string of the molecule is COc1ccccc1-c1nc(C(=O)Nc2cnc(-c3cccc(O)c3)nc2)cs1. The number of nitrogens with one attached hydrogen (secondary N) is 1. The molecule has 0 saturated heterocycles. The fraction of sp³-hybridized carbons (Fsp3) is 0.0476. The summed E-state index contributed by atoms with van der Waals surface area (Å²) in [6.07, 6.45) is 3.02. The van der Waals surface area contributed by atoms with Crippen molar-refractivity contribution in [1.29, 1.82) is 0 Å². The lowest BCUT2D eigenvalue weighted by atomic mass is 10.2. The Morgan fingerprint density at radius 1 is 1.10 bits per heavy atom. The monoisotopic (exact) mass is 404 g/mol. The van der Waals surface area contributed by atoms with Gasteiger partial charge in [-0.15, -0.1) is 11.3 Å². The summed E-state index contributed by atoms with van der Waals surface area (Å²) in [5, 5.41) is 14.7. The van der Waals surface area contributed by atoms with Crippen LogP contribution < -0.4 is 10.1 Å². The van der Waals surface area contributed by atoms with Crippen molar-refractivity contribution in [2.24, 2.45) is 0 Å². The number of aromatic nitrogens is 3. The third kappa shape index (κ3) is 4.07. The average molecular weight is 404 g/mol. The molecule has 2 heterocycles. The standard InChI is InChI=1S/C21H16N4O3S/c1-28-18-8-3-2-7-16(18)21-25-17(12-29-21)20(27)24-14-10-22-19(23-11-14)13-5-4-6-15(26)9-13/h2-12,26H,1H3,(H,24,27). The van der Waals surface area contributed by atoms with Crippen LogP contribution in [0.4, 0.5) is 5.69 Å². The van der Waals surface area contributed by atoms with Gasteiger partial charge in [-0.3, -0.25) is 4.79 Å². The van der Waals surface area contributed by atoms with E-state index >= 15 is 0 Å². The Balaban J connectivity index is 1.49. The largest absolute Gasteiger partial charge is 0.508 e. The molecule has 0 fully saturated rings. The Morgan fingerprint density at radius 3 is 2.66 bits per heavy atom. The van der Waals surface area contributed by atoms with Gasteiger partial charge in [0, 0.05) is 10.9 Å². The van der Waals surface area contributed by atoms with Gasteiger partial charge in [0.15, 0.2) is 5.82 Å². The molecular formula is C21H16N4O3S.